The van der Waals surface area contributed by atoms with E-state index in [-0.39, 0.29) is 0 Å². The third-order valence-electron chi connectivity index (χ3n) is 1.78. The highest BCUT2D eigenvalue weighted by Gasteiger charge is 2.60. The SMILES string of the molecule is CCN1C(C(F)(F)F)N1CC. The number of hydrazine groups is 1. The number of halogens is 3. The zero-order valence-corrected chi connectivity index (χ0v) is 6.52. The largest absolute Gasteiger partial charge is 0.419 e. The lowest BCUT2D eigenvalue weighted by atomic mass is 10.5. The highest BCUT2D eigenvalue weighted by Crippen LogP contribution is 2.38. The van der Waals surface area contributed by atoms with E-state index in [9.17, 15) is 13.2 Å². The molecule has 2 unspecified atom stereocenters. The summed E-state index contributed by atoms with van der Waals surface area (Å²) in [5.74, 6) is 0. The first kappa shape index (κ1) is 8.80. The first-order valence-corrected chi connectivity index (χ1v) is 3.62. The van der Waals surface area contributed by atoms with E-state index in [0.29, 0.717) is 13.1 Å². The maximum absolute atomic E-state index is 12.0. The molecule has 5 heteroatoms. The van der Waals surface area contributed by atoms with Crippen molar-refractivity contribution in [2.75, 3.05) is 13.1 Å². The first-order valence-electron chi connectivity index (χ1n) is 3.62. The van der Waals surface area contributed by atoms with Crippen LogP contribution in [0.4, 0.5) is 13.2 Å². The molecule has 2 nitrogen and oxygen atoms in total. The lowest BCUT2D eigenvalue weighted by Crippen LogP contribution is -2.22. The molecule has 0 aromatic carbocycles. The molecule has 1 aliphatic heterocycles. The minimum absolute atomic E-state index is 0.429. The molecule has 1 saturated heterocycles. The van der Waals surface area contributed by atoms with Gasteiger partial charge in [0.15, 0.2) is 6.17 Å². The van der Waals surface area contributed by atoms with E-state index in [2.05, 4.69) is 0 Å². The smallest absolute Gasteiger partial charge is 0.213 e. The van der Waals surface area contributed by atoms with Crippen LogP contribution in [0.5, 0.6) is 0 Å². The molecule has 1 heterocycles. The van der Waals surface area contributed by atoms with Crippen LogP contribution in [0.2, 0.25) is 0 Å². The van der Waals surface area contributed by atoms with Gasteiger partial charge in [-0.15, -0.1) is 0 Å². The van der Waals surface area contributed by atoms with Crippen LogP contribution in [0.3, 0.4) is 0 Å². The molecule has 11 heavy (non-hydrogen) atoms. The van der Waals surface area contributed by atoms with Gasteiger partial charge in [0.25, 0.3) is 0 Å². The van der Waals surface area contributed by atoms with E-state index in [1.165, 1.54) is 10.0 Å². The molecule has 1 aliphatic rings. The monoisotopic (exact) mass is 168 g/mol. The molecular weight excluding hydrogens is 157 g/mol. The van der Waals surface area contributed by atoms with Gasteiger partial charge >= 0.3 is 6.18 Å². The Kier molecular flexibility index (Phi) is 2.11. The molecule has 0 bridgehead atoms. The lowest BCUT2D eigenvalue weighted by Gasteiger charge is -2.01. The summed E-state index contributed by atoms with van der Waals surface area (Å²) in [4.78, 5) is 0. The molecule has 0 aliphatic carbocycles. The fourth-order valence-corrected chi connectivity index (χ4v) is 1.29. The van der Waals surface area contributed by atoms with Gasteiger partial charge in [-0.3, -0.25) is 0 Å². The van der Waals surface area contributed by atoms with Crippen LogP contribution in [-0.2, 0) is 0 Å². The zero-order chi connectivity index (χ0) is 8.65. The summed E-state index contributed by atoms with van der Waals surface area (Å²) >= 11 is 0. The quantitative estimate of drug-likeness (QED) is 0.575. The summed E-state index contributed by atoms with van der Waals surface area (Å²) in [6, 6.07) is 0. The van der Waals surface area contributed by atoms with Gasteiger partial charge in [0.2, 0.25) is 0 Å². The maximum atomic E-state index is 12.0. The predicted octanol–water partition coefficient (Wildman–Crippen LogP) is 1.45. The molecule has 0 aromatic heterocycles. The van der Waals surface area contributed by atoms with Crippen LogP contribution in [0.1, 0.15) is 13.8 Å². The Morgan fingerprint density at radius 1 is 1.09 bits per heavy atom. The minimum Gasteiger partial charge on any atom is -0.213 e. The van der Waals surface area contributed by atoms with Crippen LogP contribution < -0.4 is 0 Å². The third kappa shape index (κ3) is 1.49. The Bertz CT molecular complexity index is 135. The summed E-state index contributed by atoms with van der Waals surface area (Å²) < 4.78 is 36.1. The lowest BCUT2D eigenvalue weighted by molar-refractivity contribution is -0.141. The van der Waals surface area contributed by atoms with Crippen molar-refractivity contribution >= 4 is 0 Å². The molecule has 2 atom stereocenters. The van der Waals surface area contributed by atoms with E-state index in [4.69, 9.17) is 0 Å². The fourth-order valence-electron chi connectivity index (χ4n) is 1.29. The minimum atomic E-state index is -4.09. The Labute approximate surface area is 63.5 Å². The number of alkyl halides is 3. The van der Waals surface area contributed by atoms with Gasteiger partial charge in [-0.25, -0.2) is 10.0 Å². The summed E-state index contributed by atoms with van der Waals surface area (Å²) in [7, 11) is 0. The maximum Gasteiger partial charge on any atom is 0.419 e. The summed E-state index contributed by atoms with van der Waals surface area (Å²) in [6.07, 6.45) is -5.41. The van der Waals surface area contributed by atoms with Crippen molar-refractivity contribution in [1.29, 1.82) is 0 Å². The van der Waals surface area contributed by atoms with Crippen molar-refractivity contribution in [1.82, 2.24) is 10.0 Å². The van der Waals surface area contributed by atoms with Gasteiger partial charge in [0.05, 0.1) is 0 Å². The van der Waals surface area contributed by atoms with Crippen molar-refractivity contribution in [3.05, 3.63) is 0 Å². The fraction of sp³-hybridized carbons (Fsp3) is 1.00. The Morgan fingerprint density at radius 3 is 1.55 bits per heavy atom. The van der Waals surface area contributed by atoms with Crippen molar-refractivity contribution < 1.29 is 13.2 Å². The normalized spacial score (nSPS) is 37.4. The molecule has 1 fully saturated rings. The van der Waals surface area contributed by atoms with Gasteiger partial charge in [-0.2, -0.15) is 13.2 Å². The molecule has 0 amide bonds. The molecule has 1 rings (SSSR count). The van der Waals surface area contributed by atoms with Gasteiger partial charge in [0.1, 0.15) is 0 Å². The van der Waals surface area contributed by atoms with E-state index < -0.39 is 12.3 Å². The second-order valence-corrected chi connectivity index (χ2v) is 2.43. The van der Waals surface area contributed by atoms with Crippen LogP contribution in [0.15, 0.2) is 0 Å². The highest BCUT2D eigenvalue weighted by atomic mass is 19.4. The average Bonchev–Trinajstić information content (AvgIpc) is 2.58. The van der Waals surface area contributed by atoms with Crippen LogP contribution in [-0.4, -0.2) is 35.4 Å². The number of hydrogen-bond donors (Lipinski definition) is 0. The summed E-state index contributed by atoms with van der Waals surface area (Å²) in [5.41, 5.74) is 0. The van der Waals surface area contributed by atoms with Gasteiger partial charge in [0, 0.05) is 13.1 Å². The van der Waals surface area contributed by atoms with Crippen molar-refractivity contribution in [3.63, 3.8) is 0 Å². The first-order chi connectivity index (χ1) is 5.02. The van der Waals surface area contributed by atoms with Gasteiger partial charge in [-0.05, 0) is 0 Å². The molecule has 0 saturated carbocycles. The summed E-state index contributed by atoms with van der Waals surface area (Å²) in [5, 5.41) is 2.61. The van der Waals surface area contributed by atoms with Crippen molar-refractivity contribution in [2.24, 2.45) is 0 Å². The standard InChI is InChI=1S/C6H11F3N2/c1-3-10-5(6(7,8)9)11(10)4-2/h5H,3-4H2,1-2H3. The van der Waals surface area contributed by atoms with Crippen LogP contribution in [0.25, 0.3) is 0 Å². The van der Waals surface area contributed by atoms with Crippen molar-refractivity contribution in [2.45, 2.75) is 26.2 Å². The Morgan fingerprint density at radius 2 is 1.45 bits per heavy atom. The Hall–Kier alpha value is -0.290. The topological polar surface area (TPSA) is 6.02 Å². The van der Waals surface area contributed by atoms with Gasteiger partial charge < -0.3 is 0 Å². The van der Waals surface area contributed by atoms with Crippen LogP contribution in [0, 0.1) is 0 Å². The third-order valence-corrected chi connectivity index (χ3v) is 1.78. The predicted molar refractivity (Wildman–Crippen MR) is 34.6 cm³/mol. The van der Waals surface area contributed by atoms with E-state index in [1.54, 1.807) is 13.8 Å². The second kappa shape index (κ2) is 2.64. The number of rotatable bonds is 2. The zero-order valence-electron chi connectivity index (χ0n) is 6.52. The highest BCUT2D eigenvalue weighted by molar-refractivity contribution is 4.87. The second-order valence-electron chi connectivity index (χ2n) is 2.43. The number of hydrogen-bond acceptors (Lipinski definition) is 2. The molecule has 0 aromatic rings. The van der Waals surface area contributed by atoms with E-state index in [1.807, 2.05) is 0 Å². The molecule has 0 spiro atoms. The average molecular weight is 168 g/mol. The van der Waals surface area contributed by atoms with Crippen molar-refractivity contribution in [3.8, 4) is 0 Å². The van der Waals surface area contributed by atoms with Gasteiger partial charge in [-0.1, -0.05) is 13.8 Å². The molecule has 0 radical (unpaired) electrons. The van der Waals surface area contributed by atoms with E-state index >= 15 is 0 Å². The van der Waals surface area contributed by atoms with E-state index in [0.717, 1.165) is 0 Å². The molecular formula is C6H11F3N2. The molecule has 66 valence electrons. The van der Waals surface area contributed by atoms with Crippen LogP contribution >= 0.6 is 0 Å². The molecule has 0 N–H and O–H groups in total. The summed E-state index contributed by atoms with van der Waals surface area (Å²) in [6.45, 7) is 4.29. The Balaban J connectivity index is 2.51. The number of nitrogens with zero attached hydrogens (tertiary/aromatic N) is 2.